The van der Waals surface area contributed by atoms with Crippen LogP contribution in [0.5, 0.6) is 0 Å². The molecule has 1 amide bonds. The first-order chi connectivity index (χ1) is 12.7. The van der Waals surface area contributed by atoms with Crippen molar-refractivity contribution in [1.29, 1.82) is 0 Å². The monoisotopic (exact) mass is 387 g/mol. The number of nitro benzene ring substituents is 1. The number of hydrogen-bond acceptors (Lipinski definition) is 6. The van der Waals surface area contributed by atoms with Crippen molar-refractivity contribution in [3.8, 4) is 11.3 Å². The number of anilines is 1. The highest BCUT2D eigenvalue weighted by Gasteiger charge is 2.15. The minimum Gasteiger partial charge on any atom is -0.451 e. The molecule has 0 saturated carbocycles. The Balaban J connectivity index is 1.77. The van der Waals surface area contributed by atoms with Crippen LogP contribution in [0.25, 0.3) is 11.3 Å². The Bertz CT molecular complexity index is 1120. The van der Waals surface area contributed by atoms with E-state index in [1.165, 1.54) is 54.6 Å². The average molecular weight is 387 g/mol. The van der Waals surface area contributed by atoms with Gasteiger partial charge in [-0.3, -0.25) is 14.9 Å². The van der Waals surface area contributed by atoms with E-state index in [0.717, 1.165) is 0 Å². The molecule has 2 aromatic carbocycles. The quantitative estimate of drug-likeness (QED) is 0.508. The highest BCUT2D eigenvalue weighted by atomic mass is 32.2. The third kappa shape index (κ3) is 4.19. The van der Waals surface area contributed by atoms with E-state index < -0.39 is 20.9 Å². The van der Waals surface area contributed by atoms with Gasteiger partial charge in [0, 0.05) is 23.4 Å². The first kappa shape index (κ1) is 18.3. The summed E-state index contributed by atoms with van der Waals surface area (Å²) in [6.45, 7) is 0. The summed E-state index contributed by atoms with van der Waals surface area (Å²) in [6.07, 6.45) is 0. The summed E-state index contributed by atoms with van der Waals surface area (Å²) >= 11 is 0. The predicted molar refractivity (Wildman–Crippen MR) is 96.6 cm³/mol. The van der Waals surface area contributed by atoms with E-state index in [-0.39, 0.29) is 16.3 Å². The molecule has 0 spiro atoms. The molecule has 1 aromatic heterocycles. The summed E-state index contributed by atoms with van der Waals surface area (Å²) < 4.78 is 27.9. The molecule has 10 heteroatoms. The van der Waals surface area contributed by atoms with E-state index >= 15 is 0 Å². The average Bonchev–Trinajstić information content (AvgIpc) is 3.12. The molecule has 3 aromatic rings. The SMILES string of the molecule is NS(=O)(=O)c1ccc(NC(=O)c2ccc(-c3cccc([N+](=O)[O-])c3)o2)cc1. The molecule has 0 fully saturated rings. The summed E-state index contributed by atoms with van der Waals surface area (Å²) in [4.78, 5) is 22.5. The van der Waals surface area contributed by atoms with Crippen LogP contribution in [0.1, 0.15) is 10.6 Å². The van der Waals surface area contributed by atoms with Crippen molar-refractivity contribution in [1.82, 2.24) is 0 Å². The largest absolute Gasteiger partial charge is 0.451 e. The number of nitro groups is 1. The van der Waals surface area contributed by atoms with E-state index in [0.29, 0.717) is 17.0 Å². The summed E-state index contributed by atoms with van der Waals surface area (Å²) in [5, 5.41) is 18.4. The topological polar surface area (TPSA) is 146 Å². The van der Waals surface area contributed by atoms with Gasteiger partial charge in [-0.2, -0.15) is 0 Å². The number of non-ortho nitro benzene ring substituents is 1. The first-order valence-electron chi connectivity index (χ1n) is 7.53. The van der Waals surface area contributed by atoms with Crippen LogP contribution in [0, 0.1) is 10.1 Å². The third-order valence-electron chi connectivity index (χ3n) is 3.61. The van der Waals surface area contributed by atoms with Crippen molar-refractivity contribution < 1.29 is 22.6 Å². The van der Waals surface area contributed by atoms with Crippen molar-refractivity contribution in [3.63, 3.8) is 0 Å². The summed E-state index contributed by atoms with van der Waals surface area (Å²) in [5.41, 5.74) is 0.714. The van der Waals surface area contributed by atoms with Gasteiger partial charge in [-0.1, -0.05) is 12.1 Å². The minimum absolute atomic E-state index is 0.00738. The highest BCUT2D eigenvalue weighted by Crippen LogP contribution is 2.26. The van der Waals surface area contributed by atoms with Crippen LogP contribution in [-0.4, -0.2) is 19.2 Å². The molecular weight excluding hydrogens is 374 g/mol. The van der Waals surface area contributed by atoms with E-state index in [1.54, 1.807) is 6.07 Å². The summed E-state index contributed by atoms with van der Waals surface area (Å²) in [6, 6.07) is 14.1. The van der Waals surface area contributed by atoms with Crippen LogP contribution in [0.2, 0.25) is 0 Å². The summed E-state index contributed by atoms with van der Waals surface area (Å²) in [7, 11) is -3.82. The zero-order valence-corrected chi connectivity index (χ0v) is 14.5. The Morgan fingerprint density at radius 2 is 1.78 bits per heavy atom. The Labute approximate surface area is 153 Å². The molecule has 0 radical (unpaired) electrons. The smallest absolute Gasteiger partial charge is 0.291 e. The number of nitrogens with one attached hydrogen (secondary N) is 1. The number of rotatable bonds is 5. The molecule has 0 aliphatic rings. The van der Waals surface area contributed by atoms with E-state index in [1.807, 2.05) is 0 Å². The molecule has 138 valence electrons. The fourth-order valence-electron chi connectivity index (χ4n) is 2.31. The fraction of sp³-hybridized carbons (Fsp3) is 0. The molecule has 0 unspecified atom stereocenters. The Morgan fingerprint density at radius 3 is 2.41 bits per heavy atom. The van der Waals surface area contributed by atoms with Crippen molar-refractivity contribution in [3.05, 3.63) is 76.5 Å². The lowest BCUT2D eigenvalue weighted by molar-refractivity contribution is -0.384. The number of benzene rings is 2. The molecule has 1 heterocycles. The standard InChI is InChI=1S/C17H13N3O6S/c18-27(24,25)14-6-4-12(5-7-14)19-17(21)16-9-8-15(26-16)11-2-1-3-13(10-11)20(22)23/h1-10H,(H,19,21)(H2,18,24,25). The lowest BCUT2D eigenvalue weighted by Crippen LogP contribution is -2.13. The number of primary sulfonamides is 1. The van der Waals surface area contributed by atoms with Crippen LogP contribution < -0.4 is 10.5 Å². The van der Waals surface area contributed by atoms with Gasteiger partial charge in [-0.05, 0) is 36.4 Å². The van der Waals surface area contributed by atoms with Gasteiger partial charge in [-0.25, -0.2) is 13.6 Å². The van der Waals surface area contributed by atoms with Crippen molar-refractivity contribution in [2.45, 2.75) is 4.90 Å². The van der Waals surface area contributed by atoms with Gasteiger partial charge in [-0.15, -0.1) is 0 Å². The molecule has 3 rings (SSSR count). The molecule has 0 atom stereocenters. The van der Waals surface area contributed by atoms with Crippen molar-refractivity contribution >= 4 is 27.3 Å². The lowest BCUT2D eigenvalue weighted by Gasteiger charge is -2.04. The molecule has 0 bridgehead atoms. The second-order valence-electron chi connectivity index (χ2n) is 5.49. The molecule has 0 aliphatic carbocycles. The number of amides is 1. The number of carbonyl (C=O) groups excluding carboxylic acids is 1. The van der Waals surface area contributed by atoms with Gasteiger partial charge < -0.3 is 9.73 Å². The zero-order chi connectivity index (χ0) is 19.6. The third-order valence-corrected chi connectivity index (χ3v) is 4.54. The minimum atomic E-state index is -3.82. The van der Waals surface area contributed by atoms with Crippen LogP contribution in [0.4, 0.5) is 11.4 Å². The Hall–Kier alpha value is -3.50. The number of carbonyl (C=O) groups is 1. The Kier molecular flexibility index (Phi) is 4.75. The van der Waals surface area contributed by atoms with Crippen molar-refractivity contribution in [2.75, 3.05) is 5.32 Å². The van der Waals surface area contributed by atoms with E-state index in [4.69, 9.17) is 9.56 Å². The van der Waals surface area contributed by atoms with Crippen LogP contribution in [0.15, 0.2) is 70.0 Å². The number of hydrogen-bond donors (Lipinski definition) is 2. The second-order valence-corrected chi connectivity index (χ2v) is 7.06. The maximum atomic E-state index is 12.3. The molecule has 9 nitrogen and oxygen atoms in total. The van der Waals surface area contributed by atoms with Gasteiger partial charge in [0.15, 0.2) is 5.76 Å². The molecular formula is C17H13N3O6S. The van der Waals surface area contributed by atoms with Gasteiger partial charge in [0.25, 0.3) is 11.6 Å². The van der Waals surface area contributed by atoms with Gasteiger partial charge >= 0.3 is 0 Å². The van der Waals surface area contributed by atoms with Crippen LogP contribution in [-0.2, 0) is 10.0 Å². The van der Waals surface area contributed by atoms with E-state index in [2.05, 4.69) is 5.32 Å². The Morgan fingerprint density at radius 1 is 1.07 bits per heavy atom. The van der Waals surface area contributed by atoms with Gasteiger partial charge in [0.1, 0.15) is 5.76 Å². The van der Waals surface area contributed by atoms with Crippen LogP contribution in [0.3, 0.4) is 0 Å². The maximum Gasteiger partial charge on any atom is 0.291 e. The van der Waals surface area contributed by atoms with Gasteiger partial charge in [0.05, 0.1) is 9.82 Å². The van der Waals surface area contributed by atoms with E-state index in [9.17, 15) is 23.3 Å². The number of nitrogens with zero attached hydrogens (tertiary/aromatic N) is 1. The maximum absolute atomic E-state index is 12.3. The normalized spacial score (nSPS) is 11.1. The zero-order valence-electron chi connectivity index (χ0n) is 13.7. The number of furan rings is 1. The highest BCUT2D eigenvalue weighted by molar-refractivity contribution is 7.89. The molecule has 0 aliphatic heterocycles. The second kappa shape index (κ2) is 7.02. The summed E-state index contributed by atoms with van der Waals surface area (Å²) in [5.74, 6) is -0.268. The predicted octanol–water partition coefficient (Wildman–Crippen LogP) is 2.75. The fourth-order valence-corrected chi connectivity index (χ4v) is 2.82. The van der Waals surface area contributed by atoms with Crippen LogP contribution >= 0.6 is 0 Å². The van der Waals surface area contributed by atoms with Gasteiger partial charge in [0.2, 0.25) is 10.0 Å². The first-order valence-corrected chi connectivity index (χ1v) is 9.07. The molecule has 3 N–H and O–H groups in total. The lowest BCUT2D eigenvalue weighted by atomic mass is 10.1. The molecule has 0 saturated heterocycles. The van der Waals surface area contributed by atoms with Crippen molar-refractivity contribution in [2.24, 2.45) is 5.14 Å². The molecule has 27 heavy (non-hydrogen) atoms. The number of nitrogens with two attached hydrogens (primary N) is 1. The number of sulfonamides is 1.